The zero-order valence-corrected chi connectivity index (χ0v) is 10.7. The fraction of sp³-hybridized carbons (Fsp3) is 0.308. The van der Waals surface area contributed by atoms with Crippen molar-refractivity contribution in [1.29, 1.82) is 0 Å². The van der Waals surface area contributed by atoms with E-state index in [0.29, 0.717) is 18.7 Å². The van der Waals surface area contributed by atoms with E-state index in [9.17, 15) is 4.79 Å². The van der Waals surface area contributed by atoms with Crippen LogP contribution >= 0.6 is 0 Å². The average molecular weight is 260 g/mol. The fourth-order valence-corrected chi connectivity index (χ4v) is 1.66. The Kier molecular flexibility index (Phi) is 4.25. The Morgan fingerprint density at radius 1 is 1.47 bits per heavy atom. The number of hydrogen-bond donors (Lipinski definition) is 1. The third kappa shape index (κ3) is 2.97. The summed E-state index contributed by atoms with van der Waals surface area (Å²) in [6.45, 7) is 2.70. The van der Waals surface area contributed by atoms with E-state index in [0.717, 1.165) is 17.8 Å². The van der Waals surface area contributed by atoms with Crippen molar-refractivity contribution >= 4 is 5.97 Å². The van der Waals surface area contributed by atoms with Crippen molar-refractivity contribution in [3.63, 3.8) is 0 Å². The van der Waals surface area contributed by atoms with Gasteiger partial charge in [-0.05, 0) is 24.6 Å². The second kappa shape index (κ2) is 6.10. The lowest BCUT2D eigenvalue weighted by Gasteiger charge is -2.07. The topological polar surface area (TPSA) is 83.0 Å². The minimum Gasteiger partial charge on any atom is -0.462 e. The normalized spacial score (nSPS) is 10.4. The summed E-state index contributed by atoms with van der Waals surface area (Å²) < 4.78 is 6.70. The molecule has 2 aromatic rings. The molecule has 0 saturated heterocycles. The van der Waals surface area contributed by atoms with E-state index in [1.54, 1.807) is 29.1 Å². The molecule has 100 valence electrons. The number of hydrogen-bond acceptors (Lipinski definition) is 5. The largest absolute Gasteiger partial charge is 0.462 e. The molecule has 0 amide bonds. The van der Waals surface area contributed by atoms with Crippen molar-refractivity contribution in [2.75, 3.05) is 6.61 Å². The fourth-order valence-electron chi connectivity index (χ4n) is 1.66. The van der Waals surface area contributed by atoms with Crippen molar-refractivity contribution in [3.05, 3.63) is 41.7 Å². The first-order chi connectivity index (χ1) is 9.26. The molecule has 2 N–H and O–H groups in total. The van der Waals surface area contributed by atoms with Crippen LogP contribution in [0.2, 0.25) is 0 Å². The molecule has 19 heavy (non-hydrogen) atoms. The van der Waals surface area contributed by atoms with Gasteiger partial charge in [-0.1, -0.05) is 18.2 Å². The van der Waals surface area contributed by atoms with Crippen LogP contribution in [0.3, 0.4) is 0 Å². The molecular weight excluding hydrogens is 244 g/mol. The molecule has 0 atom stereocenters. The average Bonchev–Trinajstić information content (AvgIpc) is 2.93. The summed E-state index contributed by atoms with van der Waals surface area (Å²) in [5.74, 6) is -0.335. The molecule has 0 radical (unpaired) electrons. The molecule has 0 aliphatic carbocycles. The zero-order chi connectivity index (χ0) is 13.7. The van der Waals surface area contributed by atoms with Gasteiger partial charge < -0.3 is 10.5 Å². The first kappa shape index (κ1) is 13.2. The SMILES string of the molecule is CCCOC(=O)c1cccc(-n2nncc2CN)c1. The number of benzene rings is 1. The second-order valence-corrected chi connectivity index (χ2v) is 4.03. The number of aromatic nitrogens is 3. The van der Waals surface area contributed by atoms with Crippen LogP contribution in [0, 0.1) is 0 Å². The Balaban J connectivity index is 2.27. The van der Waals surface area contributed by atoms with Gasteiger partial charge in [0.05, 0.1) is 29.7 Å². The van der Waals surface area contributed by atoms with E-state index in [4.69, 9.17) is 10.5 Å². The van der Waals surface area contributed by atoms with Crippen LogP contribution in [0.4, 0.5) is 0 Å². The van der Waals surface area contributed by atoms with Crippen molar-refractivity contribution in [2.45, 2.75) is 19.9 Å². The first-order valence-corrected chi connectivity index (χ1v) is 6.13. The lowest BCUT2D eigenvalue weighted by molar-refractivity contribution is 0.0505. The third-order valence-corrected chi connectivity index (χ3v) is 2.59. The Morgan fingerprint density at radius 2 is 2.32 bits per heavy atom. The summed E-state index contributed by atoms with van der Waals surface area (Å²) in [7, 11) is 0. The van der Waals surface area contributed by atoms with Crippen molar-refractivity contribution in [2.24, 2.45) is 5.73 Å². The Bertz CT molecular complexity index is 565. The minimum absolute atomic E-state index is 0.331. The van der Waals surface area contributed by atoms with Gasteiger partial charge in [0.1, 0.15) is 0 Å². The molecule has 0 spiro atoms. The van der Waals surface area contributed by atoms with Crippen LogP contribution < -0.4 is 5.73 Å². The maximum Gasteiger partial charge on any atom is 0.338 e. The van der Waals surface area contributed by atoms with Crippen molar-refractivity contribution in [3.8, 4) is 5.69 Å². The van der Waals surface area contributed by atoms with Gasteiger partial charge in [0.25, 0.3) is 0 Å². The van der Waals surface area contributed by atoms with E-state index in [2.05, 4.69) is 10.3 Å². The summed E-state index contributed by atoms with van der Waals surface area (Å²) in [5, 5.41) is 7.76. The van der Waals surface area contributed by atoms with Gasteiger partial charge >= 0.3 is 5.97 Å². The maximum absolute atomic E-state index is 11.8. The Morgan fingerprint density at radius 3 is 3.05 bits per heavy atom. The summed E-state index contributed by atoms with van der Waals surface area (Å²) in [4.78, 5) is 11.8. The van der Waals surface area contributed by atoms with Gasteiger partial charge in [-0.2, -0.15) is 0 Å². The van der Waals surface area contributed by atoms with Crippen LogP contribution in [0.15, 0.2) is 30.5 Å². The van der Waals surface area contributed by atoms with E-state index < -0.39 is 0 Å². The molecule has 6 heteroatoms. The third-order valence-electron chi connectivity index (χ3n) is 2.59. The summed E-state index contributed by atoms with van der Waals surface area (Å²) in [5.41, 5.74) is 7.61. The van der Waals surface area contributed by atoms with Gasteiger partial charge in [-0.25, -0.2) is 9.48 Å². The first-order valence-electron chi connectivity index (χ1n) is 6.13. The number of nitrogens with zero attached hydrogens (tertiary/aromatic N) is 3. The Labute approximate surface area is 111 Å². The molecule has 1 aromatic carbocycles. The quantitative estimate of drug-likeness (QED) is 0.819. The van der Waals surface area contributed by atoms with Crippen LogP contribution in [-0.2, 0) is 11.3 Å². The highest BCUT2D eigenvalue weighted by atomic mass is 16.5. The number of nitrogens with two attached hydrogens (primary N) is 1. The number of esters is 1. The van der Waals surface area contributed by atoms with Gasteiger partial charge in [0.2, 0.25) is 0 Å². The van der Waals surface area contributed by atoms with E-state index >= 15 is 0 Å². The van der Waals surface area contributed by atoms with Crippen molar-refractivity contribution in [1.82, 2.24) is 15.0 Å². The molecular formula is C13H16N4O2. The second-order valence-electron chi connectivity index (χ2n) is 4.03. The summed E-state index contributed by atoms with van der Waals surface area (Å²) >= 11 is 0. The van der Waals surface area contributed by atoms with Crippen molar-refractivity contribution < 1.29 is 9.53 Å². The highest BCUT2D eigenvalue weighted by Gasteiger charge is 2.10. The molecule has 0 bridgehead atoms. The standard InChI is InChI=1S/C13H16N4O2/c1-2-6-19-13(18)10-4-3-5-11(7-10)17-12(8-14)9-15-16-17/h3-5,7,9H,2,6,8,14H2,1H3. The van der Waals surface area contributed by atoms with E-state index in [1.807, 2.05) is 13.0 Å². The monoisotopic (exact) mass is 260 g/mol. The smallest absolute Gasteiger partial charge is 0.338 e. The van der Waals surface area contributed by atoms with E-state index in [1.165, 1.54) is 0 Å². The lowest BCUT2D eigenvalue weighted by atomic mass is 10.2. The zero-order valence-electron chi connectivity index (χ0n) is 10.7. The summed E-state index contributed by atoms with van der Waals surface area (Å²) in [6, 6.07) is 7.04. The predicted octanol–water partition coefficient (Wildman–Crippen LogP) is 1.29. The molecule has 1 heterocycles. The van der Waals surface area contributed by atoms with Gasteiger partial charge in [-0.15, -0.1) is 5.10 Å². The molecule has 2 rings (SSSR count). The molecule has 0 aliphatic heterocycles. The lowest BCUT2D eigenvalue weighted by Crippen LogP contribution is -2.09. The number of rotatable bonds is 5. The van der Waals surface area contributed by atoms with Gasteiger partial charge in [0.15, 0.2) is 0 Å². The number of carbonyl (C=O) groups excluding carboxylic acids is 1. The molecule has 1 aromatic heterocycles. The van der Waals surface area contributed by atoms with Gasteiger partial charge in [-0.3, -0.25) is 0 Å². The van der Waals surface area contributed by atoms with Crippen LogP contribution in [0.25, 0.3) is 5.69 Å². The number of carbonyl (C=O) groups is 1. The number of ether oxygens (including phenoxy) is 1. The predicted molar refractivity (Wildman–Crippen MR) is 69.8 cm³/mol. The van der Waals surface area contributed by atoms with Crippen LogP contribution in [-0.4, -0.2) is 27.6 Å². The molecule has 0 fully saturated rings. The van der Waals surface area contributed by atoms with Crippen LogP contribution in [0.1, 0.15) is 29.4 Å². The molecule has 0 unspecified atom stereocenters. The highest BCUT2D eigenvalue weighted by molar-refractivity contribution is 5.90. The Hall–Kier alpha value is -2.21. The molecule has 6 nitrogen and oxygen atoms in total. The maximum atomic E-state index is 11.8. The van der Waals surface area contributed by atoms with Gasteiger partial charge in [0, 0.05) is 6.54 Å². The van der Waals surface area contributed by atoms with Crippen LogP contribution in [0.5, 0.6) is 0 Å². The minimum atomic E-state index is -0.335. The van der Waals surface area contributed by atoms with E-state index in [-0.39, 0.29) is 5.97 Å². The molecule has 0 aliphatic rings. The molecule has 0 saturated carbocycles. The highest BCUT2D eigenvalue weighted by Crippen LogP contribution is 2.12. The summed E-state index contributed by atoms with van der Waals surface area (Å²) in [6.07, 6.45) is 2.40.